The van der Waals surface area contributed by atoms with Crippen LogP contribution in [0, 0.1) is 6.92 Å². The Balaban J connectivity index is 1.73. The predicted octanol–water partition coefficient (Wildman–Crippen LogP) is 2.60. The standard InChI is InChI=1S/C21H25N3O5/c1-5-27-15-8-7-14(11-16(15)28-6-2)9-10-22-19(25)17-13(3)29-20-18(17)21(26)24(4)12-23-20/h7-8,11-12H,5-6,9-10H2,1-4H3,(H,22,25). The molecular weight excluding hydrogens is 374 g/mol. The zero-order valence-corrected chi connectivity index (χ0v) is 17.1. The number of rotatable bonds is 8. The average Bonchev–Trinajstić information content (AvgIpc) is 3.04. The molecule has 0 unspecified atom stereocenters. The topological polar surface area (TPSA) is 95.6 Å². The molecule has 0 aliphatic carbocycles. The van der Waals surface area contributed by atoms with Gasteiger partial charge in [-0.15, -0.1) is 0 Å². The summed E-state index contributed by atoms with van der Waals surface area (Å²) in [6, 6.07) is 5.73. The molecule has 0 bridgehead atoms. The van der Waals surface area contributed by atoms with Gasteiger partial charge in [-0.05, 0) is 44.9 Å². The second kappa shape index (κ2) is 8.81. The Morgan fingerprint density at radius 3 is 2.66 bits per heavy atom. The van der Waals surface area contributed by atoms with Crippen LogP contribution in [0.3, 0.4) is 0 Å². The highest BCUT2D eigenvalue weighted by molar-refractivity contribution is 6.06. The molecule has 0 atom stereocenters. The summed E-state index contributed by atoms with van der Waals surface area (Å²) in [5, 5.41) is 3.06. The lowest BCUT2D eigenvalue weighted by Crippen LogP contribution is -2.28. The number of furan rings is 1. The summed E-state index contributed by atoms with van der Waals surface area (Å²) < 4.78 is 18.0. The molecule has 3 aromatic rings. The van der Waals surface area contributed by atoms with E-state index in [9.17, 15) is 9.59 Å². The van der Waals surface area contributed by atoms with E-state index >= 15 is 0 Å². The van der Waals surface area contributed by atoms with Gasteiger partial charge in [0.2, 0.25) is 5.71 Å². The van der Waals surface area contributed by atoms with Gasteiger partial charge in [-0.3, -0.25) is 9.59 Å². The number of hydrogen-bond acceptors (Lipinski definition) is 6. The number of carbonyl (C=O) groups excluding carboxylic acids is 1. The van der Waals surface area contributed by atoms with Crippen LogP contribution in [0.1, 0.15) is 35.5 Å². The van der Waals surface area contributed by atoms with E-state index in [2.05, 4.69) is 10.3 Å². The van der Waals surface area contributed by atoms with Crippen LogP contribution in [-0.2, 0) is 13.5 Å². The van der Waals surface area contributed by atoms with Crippen molar-refractivity contribution in [2.75, 3.05) is 19.8 Å². The zero-order chi connectivity index (χ0) is 21.0. The lowest BCUT2D eigenvalue weighted by Gasteiger charge is -2.12. The Bertz CT molecular complexity index is 1080. The van der Waals surface area contributed by atoms with Crippen molar-refractivity contribution in [3.05, 3.63) is 51.8 Å². The van der Waals surface area contributed by atoms with Gasteiger partial charge in [0.25, 0.3) is 11.5 Å². The van der Waals surface area contributed by atoms with Crippen molar-refractivity contribution in [1.29, 1.82) is 0 Å². The fourth-order valence-electron chi connectivity index (χ4n) is 3.12. The van der Waals surface area contributed by atoms with Crippen molar-refractivity contribution < 1.29 is 18.7 Å². The Hall–Kier alpha value is -3.29. The molecule has 29 heavy (non-hydrogen) atoms. The van der Waals surface area contributed by atoms with E-state index in [0.29, 0.717) is 43.4 Å². The van der Waals surface area contributed by atoms with Crippen LogP contribution in [0.4, 0.5) is 0 Å². The van der Waals surface area contributed by atoms with Gasteiger partial charge in [-0.25, -0.2) is 4.98 Å². The molecule has 0 fully saturated rings. The molecular formula is C21H25N3O5. The number of nitrogens with one attached hydrogen (secondary N) is 1. The first-order chi connectivity index (χ1) is 14.0. The first-order valence-electron chi connectivity index (χ1n) is 9.57. The maximum absolute atomic E-state index is 12.7. The van der Waals surface area contributed by atoms with Crippen molar-refractivity contribution >= 4 is 17.0 Å². The third-order valence-corrected chi connectivity index (χ3v) is 4.48. The van der Waals surface area contributed by atoms with Crippen molar-refractivity contribution in [1.82, 2.24) is 14.9 Å². The van der Waals surface area contributed by atoms with E-state index in [0.717, 1.165) is 5.56 Å². The number of aromatic nitrogens is 2. The second-order valence-electron chi connectivity index (χ2n) is 6.53. The highest BCUT2D eigenvalue weighted by Gasteiger charge is 2.22. The van der Waals surface area contributed by atoms with Crippen molar-refractivity contribution in [3.63, 3.8) is 0 Å². The van der Waals surface area contributed by atoms with E-state index in [-0.39, 0.29) is 28.1 Å². The summed E-state index contributed by atoms with van der Waals surface area (Å²) >= 11 is 0. The number of aryl methyl sites for hydroxylation is 2. The molecule has 8 nitrogen and oxygen atoms in total. The summed E-state index contributed by atoms with van der Waals surface area (Å²) in [5.41, 5.74) is 1.09. The first kappa shape index (κ1) is 20.4. The summed E-state index contributed by atoms with van der Waals surface area (Å²) in [5.74, 6) is 1.39. The summed E-state index contributed by atoms with van der Waals surface area (Å²) in [4.78, 5) is 29.2. The van der Waals surface area contributed by atoms with Crippen molar-refractivity contribution in [3.8, 4) is 11.5 Å². The molecule has 1 aromatic carbocycles. The number of amides is 1. The van der Waals surface area contributed by atoms with Crippen molar-refractivity contribution in [2.24, 2.45) is 7.05 Å². The largest absolute Gasteiger partial charge is 0.490 e. The smallest absolute Gasteiger partial charge is 0.265 e. The van der Waals surface area contributed by atoms with Gasteiger partial charge in [0.1, 0.15) is 17.5 Å². The maximum atomic E-state index is 12.7. The van der Waals surface area contributed by atoms with Gasteiger partial charge in [0.15, 0.2) is 11.5 Å². The molecule has 154 valence electrons. The van der Waals surface area contributed by atoms with Crippen LogP contribution in [0.15, 0.2) is 33.7 Å². The van der Waals surface area contributed by atoms with Crippen LogP contribution >= 0.6 is 0 Å². The fraction of sp³-hybridized carbons (Fsp3) is 0.381. The van der Waals surface area contributed by atoms with Gasteiger partial charge >= 0.3 is 0 Å². The van der Waals surface area contributed by atoms with E-state index in [1.54, 1.807) is 14.0 Å². The van der Waals surface area contributed by atoms with Crippen LogP contribution in [0.25, 0.3) is 11.1 Å². The lowest BCUT2D eigenvalue weighted by molar-refractivity contribution is 0.0954. The average molecular weight is 399 g/mol. The van der Waals surface area contributed by atoms with Gasteiger partial charge in [-0.2, -0.15) is 0 Å². The molecule has 0 aliphatic heterocycles. The molecule has 8 heteroatoms. The first-order valence-corrected chi connectivity index (χ1v) is 9.57. The molecule has 3 rings (SSSR count). The molecule has 0 saturated heterocycles. The number of fused-ring (bicyclic) bond motifs is 1. The number of benzene rings is 1. The predicted molar refractivity (Wildman–Crippen MR) is 109 cm³/mol. The maximum Gasteiger partial charge on any atom is 0.265 e. The highest BCUT2D eigenvalue weighted by Crippen LogP contribution is 2.28. The summed E-state index contributed by atoms with van der Waals surface area (Å²) in [7, 11) is 1.58. The van der Waals surface area contributed by atoms with E-state index in [1.807, 2.05) is 32.0 Å². The quantitative estimate of drug-likeness (QED) is 0.626. The third kappa shape index (κ3) is 4.26. The van der Waals surface area contributed by atoms with Gasteiger partial charge in [0.05, 0.1) is 18.8 Å². The Kier molecular flexibility index (Phi) is 6.21. The van der Waals surface area contributed by atoms with Crippen LogP contribution < -0.4 is 20.3 Å². The number of hydrogen-bond donors (Lipinski definition) is 1. The normalized spacial score (nSPS) is 10.9. The highest BCUT2D eigenvalue weighted by atomic mass is 16.5. The lowest BCUT2D eigenvalue weighted by atomic mass is 10.1. The van der Waals surface area contributed by atoms with Crippen LogP contribution in [0.2, 0.25) is 0 Å². The molecule has 1 amide bonds. The van der Waals surface area contributed by atoms with Gasteiger partial charge < -0.3 is 23.8 Å². The Labute approximate surface area is 168 Å². The third-order valence-electron chi connectivity index (χ3n) is 4.48. The van der Waals surface area contributed by atoms with E-state index in [1.165, 1.54) is 10.9 Å². The minimum Gasteiger partial charge on any atom is -0.490 e. The molecule has 0 aliphatic rings. The number of ether oxygens (including phenoxy) is 2. The van der Waals surface area contributed by atoms with Crippen molar-refractivity contribution in [2.45, 2.75) is 27.2 Å². The second-order valence-corrected chi connectivity index (χ2v) is 6.53. The molecule has 0 saturated carbocycles. The molecule has 0 spiro atoms. The van der Waals surface area contributed by atoms with Crippen LogP contribution in [0.5, 0.6) is 11.5 Å². The Morgan fingerprint density at radius 2 is 1.93 bits per heavy atom. The van der Waals surface area contributed by atoms with Crippen LogP contribution in [-0.4, -0.2) is 35.2 Å². The summed E-state index contributed by atoms with van der Waals surface area (Å²) in [6.45, 7) is 6.97. The molecule has 2 heterocycles. The fourth-order valence-corrected chi connectivity index (χ4v) is 3.12. The zero-order valence-electron chi connectivity index (χ0n) is 17.1. The van der Waals surface area contributed by atoms with E-state index < -0.39 is 0 Å². The Morgan fingerprint density at radius 1 is 1.21 bits per heavy atom. The number of nitrogens with zero attached hydrogens (tertiary/aromatic N) is 2. The minimum absolute atomic E-state index is 0.170. The number of carbonyl (C=O) groups is 1. The monoisotopic (exact) mass is 399 g/mol. The minimum atomic E-state index is -0.359. The van der Waals surface area contributed by atoms with E-state index in [4.69, 9.17) is 13.9 Å². The SMILES string of the molecule is CCOc1ccc(CCNC(=O)c2c(C)oc3ncn(C)c(=O)c23)cc1OCC. The molecule has 1 N–H and O–H groups in total. The summed E-state index contributed by atoms with van der Waals surface area (Å²) in [6.07, 6.45) is 1.97. The molecule has 0 radical (unpaired) electrons. The molecule has 2 aromatic heterocycles. The van der Waals surface area contributed by atoms with Gasteiger partial charge in [0, 0.05) is 13.6 Å². The van der Waals surface area contributed by atoms with Gasteiger partial charge in [-0.1, -0.05) is 6.07 Å².